The van der Waals surface area contributed by atoms with Crippen molar-refractivity contribution in [3.05, 3.63) is 60.8 Å². The largest absolute Gasteiger partial charge is 0.466 e. The molecule has 65 heavy (non-hydrogen) atoms. The summed E-state index contributed by atoms with van der Waals surface area (Å²) in [5.74, 6) is -0.328. The van der Waals surface area contributed by atoms with Gasteiger partial charge in [-0.15, -0.1) is 0 Å². The molecule has 1 amide bonds. The van der Waals surface area contributed by atoms with E-state index in [-0.39, 0.29) is 24.9 Å². The van der Waals surface area contributed by atoms with Crippen LogP contribution in [0.4, 0.5) is 0 Å². The Kier molecular flexibility index (Phi) is 40.8. The summed E-state index contributed by atoms with van der Waals surface area (Å²) in [5.41, 5.74) is 0. The molecule has 1 saturated heterocycles. The Bertz CT molecular complexity index is 1270. The quantitative estimate of drug-likeness (QED) is 0.0196. The molecule has 0 aromatic rings. The maximum atomic E-state index is 12.9. The van der Waals surface area contributed by atoms with Crippen molar-refractivity contribution < 1.29 is 49.3 Å². The van der Waals surface area contributed by atoms with Crippen LogP contribution in [0.2, 0.25) is 0 Å². The first-order chi connectivity index (χ1) is 31.7. The highest BCUT2D eigenvalue weighted by atomic mass is 16.7. The van der Waals surface area contributed by atoms with Gasteiger partial charge >= 0.3 is 5.97 Å². The molecule has 0 spiro atoms. The van der Waals surface area contributed by atoms with Crippen molar-refractivity contribution in [2.45, 2.75) is 249 Å². The molecular weight excluding hydrogens is 823 g/mol. The van der Waals surface area contributed by atoms with Gasteiger partial charge in [-0.1, -0.05) is 171 Å². The van der Waals surface area contributed by atoms with Crippen molar-refractivity contribution in [3.8, 4) is 0 Å². The number of unbranched alkanes of at least 4 members (excludes halogenated alkanes) is 21. The standard InChI is InChI=1S/C54H95NO10/c1-3-5-7-9-11-13-15-17-21-24-28-32-36-40-47(57)46(45-64-54-53(62)52(61)51(60)48(44-56)65-54)55-49(58)41-37-33-29-25-22-18-16-19-23-27-31-35-39-43-63-50(59)42-38-34-30-26-20-14-12-10-8-6-4-2/h10,12,18,21-22,24,29,33,36,40,46-48,51-54,56-57,60-62H,3-9,11,13-17,19-20,23,25-28,30-32,34-35,37-39,41-45H2,1-2H3,(H,55,58)/b12-10-,22-18-,24-21+,33-29-,40-36+. The van der Waals surface area contributed by atoms with E-state index in [1.165, 1.54) is 103 Å². The lowest BCUT2D eigenvalue weighted by molar-refractivity contribution is -0.302. The summed E-state index contributed by atoms with van der Waals surface area (Å²) in [6.07, 6.45) is 44.5. The SMILES string of the molecule is CCCC/C=C\CCCCCCCC(=O)OCCCCCCCC/C=C\C/C=C\CCC(=O)NC(COC1OC(CO)C(O)C(O)C1O)C(O)/C=C/CC/C=C/CCCCCCCCC. The first-order valence-electron chi connectivity index (χ1n) is 26.1. The van der Waals surface area contributed by atoms with Gasteiger partial charge in [-0.25, -0.2) is 0 Å². The maximum absolute atomic E-state index is 12.9. The predicted molar refractivity (Wildman–Crippen MR) is 264 cm³/mol. The van der Waals surface area contributed by atoms with Gasteiger partial charge in [-0.3, -0.25) is 9.59 Å². The predicted octanol–water partition coefficient (Wildman–Crippen LogP) is 10.7. The Hall–Kier alpha value is -2.64. The first-order valence-corrected chi connectivity index (χ1v) is 26.1. The Morgan fingerprint density at radius 1 is 0.569 bits per heavy atom. The third-order valence-corrected chi connectivity index (χ3v) is 11.8. The molecule has 0 aliphatic carbocycles. The molecular formula is C54H95NO10. The lowest BCUT2D eigenvalue weighted by Crippen LogP contribution is -2.60. The lowest BCUT2D eigenvalue weighted by atomic mass is 9.99. The average Bonchev–Trinajstić information content (AvgIpc) is 3.30. The van der Waals surface area contributed by atoms with Crippen LogP contribution in [-0.4, -0.2) is 100 Å². The highest BCUT2D eigenvalue weighted by molar-refractivity contribution is 5.76. The molecule has 1 aliphatic heterocycles. The molecule has 0 saturated carbocycles. The molecule has 6 N–H and O–H groups in total. The van der Waals surface area contributed by atoms with Crippen LogP contribution in [0.1, 0.15) is 206 Å². The number of esters is 1. The molecule has 1 heterocycles. The van der Waals surface area contributed by atoms with Gasteiger partial charge in [0, 0.05) is 12.8 Å². The zero-order chi connectivity index (χ0) is 47.4. The summed E-state index contributed by atoms with van der Waals surface area (Å²) >= 11 is 0. The highest BCUT2D eigenvalue weighted by Crippen LogP contribution is 2.22. The summed E-state index contributed by atoms with van der Waals surface area (Å²) in [6, 6.07) is -0.872. The van der Waals surface area contributed by atoms with Crippen molar-refractivity contribution in [1.82, 2.24) is 5.32 Å². The summed E-state index contributed by atoms with van der Waals surface area (Å²) in [5, 5.41) is 54.1. The smallest absolute Gasteiger partial charge is 0.305 e. The fraction of sp³-hybridized carbons (Fsp3) is 0.778. The minimum atomic E-state index is -1.59. The van der Waals surface area contributed by atoms with E-state index in [2.05, 4.69) is 55.6 Å². The molecule has 1 rings (SSSR count). The number of carbonyl (C=O) groups is 2. The van der Waals surface area contributed by atoms with Crippen molar-refractivity contribution >= 4 is 11.9 Å². The van der Waals surface area contributed by atoms with Crippen LogP contribution in [0.3, 0.4) is 0 Å². The summed E-state index contributed by atoms with van der Waals surface area (Å²) in [6.45, 7) is 4.16. The highest BCUT2D eigenvalue weighted by Gasteiger charge is 2.44. The molecule has 376 valence electrons. The minimum Gasteiger partial charge on any atom is -0.466 e. The van der Waals surface area contributed by atoms with Gasteiger partial charge in [0.2, 0.25) is 5.91 Å². The van der Waals surface area contributed by atoms with Gasteiger partial charge in [-0.05, 0) is 83.5 Å². The number of hydrogen-bond donors (Lipinski definition) is 6. The van der Waals surface area contributed by atoms with E-state index < -0.39 is 49.5 Å². The number of carbonyl (C=O) groups excluding carboxylic acids is 2. The molecule has 0 bridgehead atoms. The minimum absolute atomic E-state index is 0.0527. The molecule has 7 atom stereocenters. The maximum Gasteiger partial charge on any atom is 0.305 e. The Morgan fingerprint density at radius 3 is 1.69 bits per heavy atom. The first kappa shape index (κ1) is 60.4. The Labute approximate surface area is 395 Å². The number of aliphatic hydroxyl groups excluding tert-OH is 5. The molecule has 11 nitrogen and oxygen atoms in total. The number of rotatable bonds is 43. The molecule has 0 radical (unpaired) electrons. The van der Waals surface area contributed by atoms with E-state index in [0.717, 1.165) is 70.6 Å². The topological polar surface area (TPSA) is 175 Å². The zero-order valence-corrected chi connectivity index (χ0v) is 40.9. The van der Waals surface area contributed by atoms with Crippen LogP contribution in [0.25, 0.3) is 0 Å². The second-order valence-electron chi connectivity index (χ2n) is 17.8. The monoisotopic (exact) mass is 918 g/mol. The number of allylic oxidation sites excluding steroid dienone is 9. The van der Waals surface area contributed by atoms with Crippen LogP contribution in [0, 0.1) is 0 Å². The van der Waals surface area contributed by atoms with Gasteiger partial charge in [0.25, 0.3) is 0 Å². The van der Waals surface area contributed by atoms with Crippen molar-refractivity contribution in [3.63, 3.8) is 0 Å². The lowest BCUT2D eigenvalue weighted by Gasteiger charge is -2.40. The molecule has 11 heteroatoms. The molecule has 1 fully saturated rings. The van der Waals surface area contributed by atoms with Crippen molar-refractivity contribution in [1.29, 1.82) is 0 Å². The molecule has 7 unspecified atom stereocenters. The van der Waals surface area contributed by atoms with Gasteiger partial charge in [-0.2, -0.15) is 0 Å². The van der Waals surface area contributed by atoms with Gasteiger partial charge in [0.1, 0.15) is 24.4 Å². The van der Waals surface area contributed by atoms with Crippen LogP contribution in [0.5, 0.6) is 0 Å². The number of nitrogens with one attached hydrogen (secondary N) is 1. The molecule has 0 aromatic heterocycles. The number of ether oxygens (including phenoxy) is 3. The van der Waals surface area contributed by atoms with Crippen LogP contribution in [-0.2, 0) is 23.8 Å². The summed E-state index contributed by atoms with van der Waals surface area (Å²) < 4.78 is 16.6. The Morgan fingerprint density at radius 2 is 1.08 bits per heavy atom. The van der Waals surface area contributed by atoms with Crippen LogP contribution >= 0.6 is 0 Å². The third kappa shape index (κ3) is 34.3. The van der Waals surface area contributed by atoms with Gasteiger partial charge < -0.3 is 45.1 Å². The van der Waals surface area contributed by atoms with Crippen LogP contribution < -0.4 is 5.32 Å². The van der Waals surface area contributed by atoms with E-state index in [1.54, 1.807) is 6.08 Å². The summed E-state index contributed by atoms with van der Waals surface area (Å²) in [4.78, 5) is 25.0. The number of aliphatic hydroxyl groups is 5. The van der Waals surface area contributed by atoms with E-state index in [9.17, 15) is 35.1 Å². The number of amides is 1. The van der Waals surface area contributed by atoms with Crippen molar-refractivity contribution in [2.75, 3.05) is 19.8 Å². The number of hydrogen-bond acceptors (Lipinski definition) is 10. The van der Waals surface area contributed by atoms with Gasteiger partial charge in [0.05, 0.1) is 32.0 Å². The second-order valence-corrected chi connectivity index (χ2v) is 17.8. The second kappa shape index (κ2) is 43.9. The van der Waals surface area contributed by atoms with Gasteiger partial charge in [0.15, 0.2) is 6.29 Å². The van der Waals surface area contributed by atoms with E-state index in [0.29, 0.717) is 19.4 Å². The molecule has 1 aliphatic rings. The van der Waals surface area contributed by atoms with E-state index in [4.69, 9.17) is 14.2 Å². The fourth-order valence-corrected chi connectivity index (χ4v) is 7.60. The summed E-state index contributed by atoms with van der Waals surface area (Å²) in [7, 11) is 0. The third-order valence-electron chi connectivity index (χ3n) is 11.8. The Balaban J connectivity index is 2.27. The zero-order valence-electron chi connectivity index (χ0n) is 40.9. The van der Waals surface area contributed by atoms with Crippen molar-refractivity contribution in [2.24, 2.45) is 0 Å². The molecule has 0 aromatic carbocycles. The average molecular weight is 918 g/mol. The van der Waals surface area contributed by atoms with Crippen LogP contribution in [0.15, 0.2) is 60.8 Å². The normalized spacial score (nSPS) is 20.3. The van der Waals surface area contributed by atoms with E-state index >= 15 is 0 Å². The van der Waals surface area contributed by atoms with E-state index in [1.807, 2.05) is 18.2 Å². The fourth-order valence-electron chi connectivity index (χ4n) is 7.60.